The van der Waals surface area contributed by atoms with Crippen LogP contribution in [0.3, 0.4) is 0 Å². The van der Waals surface area contributed by atoms with Crippen LogP contribution in [0, 0.1) is 0 Å². The lowest BCUT2D eigenvalue weighted by atomic mass is 9.84. The molecule has 1 saturated heterocycles. The molecule has 1 saturated carbocycles. The van der Waals surface area contributed by atoms with Crippen molar-refractivity contribution in [1.29, 1.82) is 0 Å². The first kappa shape index (κ1) is 14.3. The molecule has 2 rings (SSSR count). The molecular formula is C14H28N2O2. The Balaban J connectivity index is 1.76. The van der Waals surface area contributed by atoms with E-state index in [2.05, 4.69) is 17.1 Å². The van der Waals surface area contributed by atoms with Gasteiger partial charge in [0.2, 0.25) is 0 Å². The highest BCUT2D eigenvalue weighted by molar-refractivity contribution is 4.99. The second-order valence-corrected chi connectivity index (χ2v) is 5.44. The van der Waals surface area contributed by atoms with Crippen molar-refractivity contribution in [3.8, 4) is 0 Å². The van der Waals surface area contributed by atoms with E-state index in [0.717, 1.165) is 19.6 Å². The molecule has 4 nitrogen and oxygen atoms in total. The monoisotopic (exact) mass is 256 g/mol. The molecule has 0 aromatic rings. The van der Waals surface area contributed by atoms with E-state index < -0.39 is 0 Å². The van der Waals surface area contributed by atoms with E-state index in [1.54, 1.807) is 7.11 Å². The van der Waals surface area contributed by atoms with Crippen LogP contribution in [-0.2, 0) is 9.47 Å². The van der Waals surface area contributed by atoms with Crippen molar-refractivity contribution in [2.45, 2.75) is 57.4 Å². The number of piperidine rings is 1. The number of ether oxygens (including phenoxy) is 2. The molecule has 106 valence electrons. The van der Waals surface area contributed by atoms with E-state index >= 15 is 0 Å². The molecule has 0 radical (unpaired) electrons. The highest BCUT2D eigenvalue weighted by atomic mass is 16.5. The number of nitrogens with zero attached hydrogens (tertiary/aromatic N) is 1. The van der Waals surface area contributed by atoms with Crippen LogP contribution in [0.5, 0.6) is 0 Å². The maximum Gasteiger partial charge on any atom is 0.0986 e. The summed E-state index contributed by atoms with van der Waals surface area (Å²) in [5.74, 6) is 0. The highest BCUT2D eigenvalue weighted by Crippen LogP contribution is 2.28. The fourth-order valence-electron chi connectivity index (χ4n) is 3.22. The summed E-state index contributed by atoms with van der Waals surface area (Å²) >= 11 is 0. The first-order valence-corrected chi connectivity index (χ1v) is 7.41. The Hall–Kier alpha value is -0.160. The van der Waals surface area contributed by atoms with Crippen molar-refractivity contribution in [2.75, 3.05) is 33.4 Å². The molecule has 0 amide bonds. The maximum atomic E-state index is 5.67. The molecule has 1 aliphatic heterocycles. The van der Waals surface area contributed by atoms with Gasteiger partial charge in [0, 0.05) is 32.3 Å². The quantitative estimate of drug-likeness (QED) is 0.775. The van der Waals surface area contributed by atoms with Gasteiger partial charge >= 0.3 is 0 Å². The van der Waals surface area contributed by atoms with Gasteiger partial charge < -0.3 is 19.7 Å². The number of likely N-dealkylation sites (N-methyl/N-ethyl adjacent to an activating group) is 1. The zero-order chi connectivity index (χ0) is 13.0. The van der Waals surface area contributed by atoms with Crippen molar-refractivity contribution in [3.63, 3.8) is 0 Å². The van der Waals surface area contributed by atoms with E-state index in [1.165, 1.54) is 25.9 Å². The summed E-state index contributed by atoms with van der Waals surface area (Å²) in [5, 5.41) is 3.76. The van der Waals surface area contributed by atoms with Crippen molar-refractivity contribution < 1.29 is 9.47 Å². The average molecular weight is 256 g/mol. The van der Waals surface area contributed by atoms with Gasteiger partial charge in [-0.25, -0.2) is 0 Å². The zero-order valence-corrected chi connectivity index (χ0v) is 12.0. The summed E-state index contributed by atoms with van der Waals surface area (Å²) in [6.45, 7) is 8.68. The summed E-state index contributed by atoms with van der Waals surface area (Å²) < 4.78 is 11.2. The van der Waals surface area contributed by atoms with Gasteiger partial charge in [0.05, 0.1) is 12.2 Å². The van der Waals surface area contributed by atoms with E-state index in [-0.39, 0.29) is 6.10 Å². The third-order valence-electron chi connectivity index (χ3n) is 4.30. The highest BCUT2D eigenvalue weighted by Gasteiger charge is 2.43. The number of hydrogen-bond acceptors (Lipinski definition) is 4. The van der Waals surface area contributed by atoms with Gasteiger partial charge in [-0.05, 0) is 39.3 Å². The summed E-state index contributed by atoms with van der Waals surface area (Å²) in [6.07, 6.45) is 4.23. The first-order chi connectivity index (χ1) is 8.78. The van der Waals surface area contributed by atoms with E-state index in [4.69, 9.17) is 9.47 Å². The van der Waals surface area contributed by atoms with Gasteiger partial charge in [-0.15, -0.1) is 0 Å². The van der Waals surface area contributed by atoms with Gasteiger partial charge in [-0.1, -0.05) is 6.92 Å². The minimum atomic E-state index is 0.238. The standard InChI is InChI=1S/C14H28N2O2/c1-4-16-8-6-7-11(10-16)15-12-9-13(18-5-2)14(12)17-3/h11-15H,4-10H2,1-3H3. The second-order valence-electron chi connectivity index (χ2n) is 5.44. The van der Waals surface area contributed by atoms with Crippen molar-refractivity contribution in [3.05, 3.63) is 0 Å². The molecular weight excluding hydrogens is 228 g/mol. The largest absolute Gasteiger partial charge is 0.377 e. The van der Waals surface area contributed by atoms with E-state index in [9.17, 15) is 0 Å². The third kappa shape index (κ3) is 3.23. The van der Waals surface area contributed by atoms with Crippen LogP contribution in [0.15, 0.2) is 0 Å². The van der Waals surface area contributed by atoms with Crippen molar-refractivity contribution >= 4 is 0 Å². The van der Waals surface area contributed by atoms with Gasteiger partial charge in [-0.3, -0.25) is 0 Å². The fourth-order valence-corrected chi connectivity index (χ4v) is 3.22. The number of methoxy groups -OCH3 is 1. The Morgan fingerprint density at radius 3 is 2.83 bits per heavy atom. The molecule has 2 fully saturated rings. The predicted molar refractivity (Wildman–Crippen MR) is 72.9 cm³/mol. The summed E-state index contributed by atoms with van der Waals surface area (Å²) in [6, 6.07) is 1.11. The van der Waals surface area contributed by atoms with Crippen LogP contribution < -0.4 is 5.32 Å². The molecule has 0 aromatic carbocycles. The van der Waals surface area contributed by atoms with Crippen LogP contribution in [-0.4, -0.2) is 62.5 Å². The van der Waals surface area contributed by atoms with Gasteiger partial charge in [0.1, 0.15) is 0 Å². The lowest BCUT2D eigenvalue weighted by molar-refractivity contribution is -0.134. The van der Waals surface area contributed by atoms with Gasteiger partial charge in [-0.2, -0.15) is 0 Å². The van der Waals surface area contributed by atoms with E-state index in [1.807, 2.05) is 6.92 Å². The number of rotatable bonds is 6. The Morgan fingerprint density at radius 1 is 1.33 bits per heavy atom. The summed E-state index contributed by atoms with van der Waals surface area (Å²) in [7, 11) is 1.80. The normalized spacial score (nSPS) is 37.5. The fraction of sp³-hybridized carbons (Fsp3) is 1.00. The van der Waals surface area contributed by atoms with Crippen molar-refractivity contribution in [2.24, 2.45) is 0 Å². The Morgan fingerprint density at radius 2 is 2.17 bits per heavy atom. The average Bonchev–Trinajstić information content (AvgIpc) is 2.38. The SMILES string of the molecule is CCOC1CC(NC2CCCN(CC)C2)C1OC. The predicted octanol–water partition coefficient (Wildman–Crippen LogP) is 1.25. The van der Waals surface area contributed by atoms with Gasteiger partial charge in [0.15, 0.2) is 0 Å². The zero-order valence-electron chi connectivity index (χ0n) is 12.0. The smallest absolute Gasteiger partial charge is 0.0986 e. The van der Waals surface area contributed by atoms with E-state index in [0.29, 0.717) is 18.2 Å². The molecule has 1 heterocycles. The number of likely N-dealkylation sites (tertiary alicyclic amines) is 1. The third-order valence-corrected chi connectivity index (χ3v) is 4.30. The Bertz CT molecular complexity index is 250. The Labute approximate surface area is 111 Å². The minimum Gasteiger partial charge on any atom is -0.377 e. The lowest BCUT2D eigenvalue weighted by Gasteiger charge is -2.46. The summed E-state index contributed by atoms with van der Waals surface area (Å²) in [5.41, 5.74) is 0. The summed E-state index contributed by atoms with van der Waals surface area (Å²) in [4.78, 5) is 2.53. The van der Waals surface area contributed by atoms with Crippen LogP contribution in [0.25, 0.3) is 0 Å². The molecule has 4 atom stereocenters. The first-order valence-electron chi connectivity index (χ1n) is 7.41. The number of nitrogens with one attached hydrogen (secondary N) is 1. The second kappa shape index (κ2) is 6.85. The number of hydrogen-bond donors (Lipinski definition) is 1. The molecule has 1 N–H and O–H groups in total. The maximum absolute atomic E-state index is 5.67. The molecule has 0 bridgehead atoms. The minimum absolute atomic E-state index is 0.238. The molecule has 4 heteroatoms. The van der Waals surface area contributed by atoms with Crippen LogP contribution in [0.1, 0.15) is 33.1 Å². The van der Waals surface area contributed by atoms with Crippen LogP contribution in [0.2, 0.25) is 0 Å². The van der Waals surface area contributed by atoms with Gasteiger partial charge in [0.25, 0.3) is 0 Å². The molecule has 0 aromatic heterocycles. The molecule has 18 heavy (non-hydrogen) atoms. The topological polar surface area (TPSA) is 33.7 Å². The molecule has 1 aliphatic carbocycles. The lowest BCUT2D eigenvalue weighted by Crippen LogP contribution is -2.63. The van der Waals surface area contributed by atoms with Crippen LogP contribution in [0.4, 0.5) is 0 Å². The molecule has 2 aliphatic rings. The molecule has 0 spiro atoms. The van der Waals surface area contributed by atoms with Crippen LogP contribution >= 0.6 is 0 Å². The molecule has 4 unspecified atom stereocenters. The Kier molecular flexibility index (Phi) is 5.42. The van der Waals surface area contributed by atoms with Crippen molar-refractivity contribution in [1.82, 2.24) is 10.2 Å².